The molecule has 0 spiro atoms. The summed E-state index contributed by atoms with van der Waals surface area (Å²) in [5.41, 5.74) is 4.28. The quantitative estimate of drug-likeness (QED) is 0.637. The van der Waals surface area contributed by atoms with Crippen LogP contribution in [0.15, 0.2) is 48.9 Å². The topological polar surface area (TPSA) is 41.6 Å². The molecule has 90 valence electrons. The summed E-state index contributed by atoms with van der Waals surface area (Å²) in [7, 11) is 2.08. The molecule has 4 heteroatoms. The Morgan fingerprint density at radius 3 is 2.74 bits per heavy atom. The molecule has 19 heavy (non-hydrogen) atoms. The van der Waals surface area contributed by atoms with Crippen LogP contribution in [0.4, 0.5) is 0 Å². The maximum absolute atomic E-state index is 8.97. The molecule has 3 nitrogen and oxygen atoms in total. The summed E-state index contributed by atoms with van der Waals surface area (Å²) in [6.07, 6.45) is 5.75. The van der Waals surface area contributed by atoms with E-state index in [2.05, 4.69) is 29.7 Å². The van der Waals surface area contributed by atoms with Gasteiger partial charge in [-0.05, 0) is 47.5 Å². The molecule has 0 aliphatic heterocycles. The summed E-state index contributed by atoms with van der Waals surface area (Å²) in [4.78, 5) is 4.03. The standard InChI is InChI=1S/C15H12BN3/c16-14-10-19(9-11-3-5-18-6-4-11)15-2-1-12(8-17)7-13(14)15/h1-7,10H,9,16H2. The Balaban J connectivity index is 2.08. The average Bonchev–Trinajstić information content (AvgIpc) is 2.76. The number of pyridine rings is 1. The summed E-state index contributed by atoms with van der Waals surface area (Å²) in [6, 6.07) is 12.1. The first-order chi connectivity index (χ1) is 9.28. The molecule has 0 fully saturated rings. The number of hydrogen-bond donors (Lipinski definition) is 0. The van der Waals surface area contributed by atoms with Crippen LogP contribution in [0, 0.1) is 11.3 Å². The third-order valence-electron chi connectivity index (χ3n) is 3.31. The number of hydrogen-bond acceptors (Lipinski definition) is 2. The zero-order valence-electron chi connectivity index (χ0n) is 10.7. The van der Waals surface area contributed by atoms with E-state index in [-0.39, 0.29) is 0 Å². The van der Waals surface area contributed by atoms with Crippen molar-refractivity contribution in [2.75, 3.05) is 0 Å². The van der Waals surface area contributed by atoms with Crippen molar-refractivity contribution in [2.24, 2.45) is 0 Å². The van der Waals surface area contributed by atoms with E-state index in [0.717, 1.165) is 17.4 Å². The van der Waals surface area contributed by atoms with E-state index >= 15 is 0 Å². The number of aromatic nitrogens is 2. The molecule has 0 saturated carbocycles. The van der Waals surface area contributed by atoms with E-state index in [1.165, 1.54) is 11.0 Å². The average molecular weight is 245 g/mol. The van der Waals surface area contributed by atoms with Crippen molar-refractivity contribution in [3.8, 4) is 6.07 Å². The monoisotopic (exact) mass is 245 g/mol. The molecule has 2 heterocycles. The maximum Gasteiger partial charge on any atom is 0.142 e. The van der Waals surface area contributed by atoms with Gasteiger partial charge < -0.3 is 4.57 Å². The summed E-state index contributed by atoms with van der Waals surface area (Å²) < 4.78 is 2.21. The SMILES string of the molecule is Bc1cn(Cc2ccncc2)c2ccc(C#N)cc12. The smallest absolute Gasteiger partial charge is 0.142 e. The van der Waals surface area contributed by atoms with Gasteiger partial charge in [-0.15, -0.1) is 0 Å². The molecule has 0 amide bonds. The van der Waals surface area contributed by atoms with Crippen molar-refractivity contribution < 1.29 is 0 Å². The normalized spacial score (nSPS) is 10.5. The third-order valence-corrected chi connectivity index (χ3v) is 3.31. The van der Waals surface area contributed by atoms with Crippen LogP contribution in [0.5, 0.6) is 0 Å². The van der Waals surface area contributed by atoms with Gasteiger partial charge in [-0.25, -0.2) is 0 Å². The van der Waals surface area contributed by atoms with Crippen molar-refractivity contribution in [2.45, 2.75) is 6.54 Å². The first-order valence-electron chi connectivity index (χ1n) is 6.16. The summed E-state index contributed by atoms with van der Waals surface area (Å²) >= 11 is 0. The Hall–Kier alpha value is -2.54. The van der Waals surface area contributed by atoms with Crippen molar-refractivity contribution in [1.29, 1.82) is 5.26 Å². The van der Waals surface area contributed by atoms with Crippen molar-refractivity contribution in [3.05, 3.63) is 60.0 Å². The fourth-order valence-electron chi connectivity index (χ4n) is 2.36. The largest absolute Gasteiger partial charge is 0.344 e. The van der Waals surface area contributed by atoms with Crippen LogP contribution in [-0.4, -0.2) is 17.4 Å². The van der Waals surface area contributed by atoms with E-state index in [0.29, 0.717) is 5.56 Å². The molecule has 3 aromatic rings. The molecule has 0 saturated heterocycles. The lowest BCUT2D eigenvalue weighted by Crippen LogP contribution is -2.01. The fourth-order valence-corrected chi connectivity index (χ4v) is 2.36. The molecule has 0 N–H and O–H groups in total. The lowest BCUT2D eigenvalue weighted by atomic mass is 9.95. The zero-order chi connectivity index (χ0) is 13.2. The van der Waals surface area contributed by atoms with E-state index in [1.807, 2.05) is 42.7 Å². The van der Waals surface area contributed by atoms with Crippen molar-refractivity contribution in [3.63, 3.8) is 0 Å². The Morgan fingerprint density at radius 1 is 1.21 bits per heavy atom. The van der Waals surface area contributed by atoms with Gasteiger partial charge in [0, 0.05) is 24.5 Å². The molecule has 0 aliphatic rings. The highest BCUT2D eigenvalue weighted by Crippen LogP contribution is 2.16. The van der Waals surface area contributed by atoms with Gasteiger partial charge in [0.2, 0.25) is 0 Å². The first-order valence-corrected chi connectivity index (χ1v) is 6.16. The molecule has 1 aromatic carbocycles. The summed E-state index contributed by atoms with van der Waals surface area (Å²) in [5.74, 6) is 0. The van der Waals surface area contributed by atoms with E-state index in [4.69, 9.17) is 5.26 Å². The second kappa shape index (κ2) is 4.62. The number of nitrogens with zero attached hydrogens (tertiary/aromatic N) is 3. The van der Waals surface area contributed by atoms with Crippen LogP contribution in [0.1, 0.15) is 11.1 Å². The molecule has 0 unspecified atom stereocenters. The number of nitriles is 1. The van der Waals surface area contributed by atoms with Crippen molar-refractivity contribution >= 4 is 24.2 Å². The van der Waals surface area contributed by atoms with Gasteiger partial charge in [0.25, 0.3) is 0 Å². The van der Waals surface area contributed by atoms with Crippen LogP contribution < -0.4 is 5.46 Å². The minimum Gasteiger partial charge on any atom is -0.344 e. The molecule has 0 bridgehead atoms. The van der Waals surface area contributed by atoms with E-state index < -0.39 is 0 Å². The van der Waals surface area contributed by atoms with E-state index in [1.54, 1.807) is 0 Å². The fraction of sp³-hybridized carbons (Fsp3) is 0.0667. The Labute approximate surface area is 112 Å². The Kier molecular flexibility index (Phi) is 2.81. The van der Waals surface area contributed by atoms with Gasteiger partial charge in [0.1, 0.15) is 7.85 Å². The summed E-state index contributed by atoms with van der Waals surface area (Å²) in [6.45, 7) is 0.818. The van der Waals surface area contributed by atoms with Crippen LogP contribution >= 0.6 is 0 Å². The molecule has 0 radical (unpaired) electrons. The van der Waals surface area contributed by atoms with Crippen LogP contribution in [-0.2, 0) is 6.54 Å². The second-order valence-electron chi connectivity index (χ2n) is 4.64. The van der Waals surface area contributed by atoms with Crippen LogP contribution in [0.3, 0.4) is 0 Å². The predicted molar refractivity (Wildman–Crippen MR) is 78.2 cm³/mol. The zero-order valence-corrected chi connectivity index (χ0v) is 10.7. The predicted octanol–water partition coefficient (Wildman–Crippen LogP) is 1.21. The van der Waals surface area contributed by atoms with Gasteiger partial charge in [0.15, 0.2) is 0 Å². The maximum atomic E-state index is 8.97. The molecular formula is C15H12BN3. The first kappa shape index (κ1) is 11.5. The summed E-state index contributed by atoms with van der Waals surface area (Å²) in [5, 5.41) is 10.1. The van der Waals surface area contributed by atoms with Crippen LogP contribution in [0.2, 0.25) is 0 Å². The highest BCUT2D eigenvalue weighted by molar-refractivity contribution is 6.38. The van der Waals surface area contributed by atoms with Crippen LogP contribution in [0.25, 0.3) is 10.9 Å². The minimum absolute atomic E-state index is 0.706. The van der Waals surface area contributed by atoms with Gasteiger partial charge in [-0.3, -0.25) is 4.98 Å². The lowest BCUT2D eigenvalue weighted by Gasteiger charge is -2.05. The molecule has 3 rings (SSSR count). The molecule has 0 atom stereocenters. The molecule has 0 aliphatic carbocycles. The molecule has 2 aromatic heterocycles. The number of fused-ring (bicyclic) bond motifs is 1. The Morgan fingerprint density at radius 2 is 2.00 bits per heavy atom. The highest BCUT2D eigenvalue weighted by atomic mass is 15.0. The number of benzene rings is 1. The van der Waals surface area contributed by atoms with Gasteiger partial charge in [-0.2, -0.15) is 5.26 Å². The minimum atomic E-state index is 0.706. The highest BCUT2D eigenvalue weighted by Gasteiger charge is 2.06. The molecular weight excluding hydrogens is 233 g/mol. The second-order valence-corrected chi connectivity index (χ2v) is 4.64. The van der Waals surface area contributed by atoms with Gasteiger partial charge >= 0.3 is 0 Å². The van der Waals surface area contributed by atoms with E-state index in [9.17, 15) is 0 Å². The van der Waals surface area contributed by atoms with Gasteiger partial charge in [-0.1, -0.05) is 5.46 Å². The number of rotatable bonds is 2. The third kappa shape index (κ3) is 2.11. The van der Waals surface area contributed by atoms with Gasteiger partial charge in [0.05, 0.1) is 11.6 Å². The Bertz CT molecular complexity index is 769. The lowest BCUT2D eigenvalue weighted by molar-refractivity contribution is 0.836. The van der Waals surface area contributed by atoms with Crippen molar-refractivity contribution in [1.82, 2.24) is 9.55 Å².